The normalized spacial score (nSPS) is 11.9. The van der Waals surface area contributed by atoms with Crippen LogP contribution in [0.5, 0.6) is 0 Å². The molecule has 0 spiro atoms. The summed E-state index contributed by atoms with van der Waals surface area (Å²) in [4.78, 5) is 14.2. The Morgan fingerprint density at radius 1 is 1.28 bits per heavy atom. The molecule has 7 nitrogen and oxygen atoms in total. The number of aliphatic hydroxyl groups is 1. The first-order valence-electron chi connectivity index (χ1n) is 7.93. The van der Waals surface area contributed by atoms with Crippen LogP contribution in [0.25, 0.3) is 0 Å². The van der Waals surface area contributed by atoms with Gasteiger partial charge in [-0.2, -0.15) is 5.10 Å². The Kier molecular flexibility index (Phi) is 5.15. The molecular weight excluding hydrogens is 320 g/mol. The van der Waals surface area contributed by atoms with Crippen LogP contribution in [0.2, 0.25) is 0 Å². The maximum Gasteiger partial charge on any atom is 0.323 e. The third-order valence-corrected chi connectivity index (χ3v) is 3.72. The lowest BCUT2D eigenvalue weighted by molar-refractivity contribution is 0.105. The number of carbonyl (C=O) groups is 1. The minimum Gasteiger partial charge on any atom is -0.467 e. The third-order valence-electron chi connectivity index (χ3n) is 3.72. The molecule has 0 bridgehead atoms. The average molecular weight is 340 g/mol. The summed E-state index contributed by atoms with van der Waals surface area (Å²) in [6, 6.07) is 14.4. The van der Waals surface area contributed by atoms with E-state index >= 15 is 0 Å². The molecule has 130 valence electrons. The Bertz CT molecular complexity index is 799. The number of furan rings is 1. The molecule has 2 heterocycles. The van der Waals surface area contributed by atoms with Gasteiger partial charge in [0.15, 0.2) is 5.82 Å². The number of aliphatic hydroxyl groups excluding tert-OH is 1. The summed E-state index contributed by atoms with van der Waals surface area (Å²) < 4.78 is 6.83. The van der Waals surface area contributed by atoms with Crippen LogP contribution in [0.1, 0.15) is 17.4 Å². The number of anilines is 1. The zero-order valence-corrected chi connectivity index (χ0v) is 13.9. The van der Waals surface area contributed by atoms with Crippen molar-refractivity contribution >= 4 is 11.8 Å². The van der Waals surface area contributed by atoms with Crippen molar-refractivity contribution in [2.24, 2.45) is 7.05 Å². The maximum absolute atomic E-state index is 12.7. The van der Waals surface area contributed by atoms with E-state index in [1.54, 1.807) is 36.1 Å². The molecule has 2 N–H and O–H groups in total. The predicted molar refractivity (Wildman–Crippen MR) is 92.7 cm³/mol. The van der Waals surface area contributed by atoms with E-state index in [1.165, 1.54) is 11.2 Å². The van der Waals surface area contributed by atoms with Crippen molar-refractivity contribution in [3.05, 3.63) is 72.3 Å². The van der Waals surface area contributed by atoms with E-state index in [4.69, 9.17) is 4.42 Å². The molecule has 3 aromatic rings. The smallest absolute Gasteiger partial charge is 0.323 e. The number of hydrogen-bond donors (Lipinski definition) is 2. The number of aromatic nitrogens is 2. The summed E-state index contributed by atoms with van der Waals surface area (Å²) in [7, 11) is 1.78. The predicted octanol–water partition coefficient (Wildman–Crippen LogP) is 2.78. The Morgan fingerprint density at radius 3 is 2.72 bits per heavy atom. The SMILES string of the molecule is Cn1ccc(NC(=O)N(Cc2ccccc2)C[C@@H](O)c2ccco2)n1. The molecule has 7 heteroatoms. The first-order chi connectivity index (χ1) is 12.1. The molecule has 0 saturated heterocycles. The summed E-state index contributed by atoms with van der Waals surface area (Å²) in [5.41, 5.74) is 0.963. The standard InChI is InChI=1S/C18H20N4O3/c1-21-10-9-17(20-21)19-18(24)22(12-14-6-3-2-4-7-14)13-15(23)16-8-5-11-25-16/h2-11,15,23H,12-13H2,1H3,(H,19,20,24)/t15-/m1/s1. The minimum atomic E-state index is -0.909. The van der Waals surface area contributed by atoms with Crippen molar-refractivity contribution in [1.29, 1.82) is 0 Å². The van der Waals surface area contributed by atoms with E-state index in [0.29, 0.717) is 18.1 Å². The fraction of sp³-hybridized carbons (Fsp3) is 0.222. The van der Waals surface area contributed by atoms with E-state index in [1.807, 2.05) is 30.3 Å². The number of urea groups is 1. The molecule has 0 fully saturated rings. The largest absolute Gasteiger partial charge is 0.467 e. The van der Waals surface area contributed by atoms with Gasteiger partial charge in [-0.3, -0.25) is 10.00 Å². The van der Waals surface area contributed by atoms with Crippen molar-refractivity contribution < 1.29 is 14.3 Å². The molecule has 25 heavy (non-hydrogen) atoms. The highest BCUT2D eigenvalue weighted by molar-refractivity contribution is 5.88. The fourth-order valence-corrected chi connectivity index (χ4v) is 2.47. The topological polar surface area (TPSA) is 83.5 Å². The minimum absolute atomic E-state index is 0.0983. The summed E-state index contributed by atoms with van der Waals surface area (Å²) >= 11 is 0. The second-order valence-electron chi connectivity index (χ2n) is 5.70. The maximum atomic E-state index is 12.7. The first kappa shape index (κ1) is 16.8. The van der Waals surface area contributed by atoms with Gasteiger partial charge in [-0.1, -0.05) is 30.3 Å². The molecule has 1 atom stereocenters. The highest BCUT2D eigenvalue weighted by Crippen LogP contribution is 2.17. The lowest BCUT2D eigenvalue weighted by Gasteiger charge is -2.24. The lowest BCUT2D eigenvalue weighted by atomic mass is 10.2. The number of aryl methyl sites for hydroxylation is 1. The van der Waals surface area contributed by atoms with Gasteiger partial charge in [0.2, 0.25) is 0 Å². The zero-order chi connectivity index (χ0) is 17.6. The van der Waals surface area contributed by atoms with Crippen LogP contribution in [0, 0.1) is 0 Å². The molecule has 2 amide bonds. The molecule has 0 radical (unpaired) electrons. The van der Waals surface area contributed by atoms with Crippen molar-refractivity contribution in [3.63, 3.8) is 0 Å². The molecule has 0 aliphatic heterocycles. The highest BCUT2D eigenvalue weighted by atomic mass is 16.4. The van der Waals surface area contributed by atoms with Crippen LogP contribution in [0.15, 0.2) is 65.4 Å². The lowest BCUT2D eigenvalue weighted by Crippen LogP contribution is -2.37. The molecule has 1 aromatic carbocycles. The van der Waals surface area contributed by atoms with Crippen molar-refractivity contribution in [1.82, 2.24) is 14.7 Å². The van der Waals surface area contributed by atoms with E-state index in [0.717, 1.165) is 5.56 Å². The molecule has 3 rings (SSSR count). The summed E-state index contributed by atoms with van der Waals surface area (Å²) in [5.74, 6) is 0.877. The quantitative estimate of drug-likeness (QED) is 0.723. The van der Waals surface area contributed by atoms with Crippen LogP contribution in [0.3, 0.4) is 0 Å². The summed E-state index contributed by atoms with van der Waals surface area (Å²) in [5, 5.41) is 17.2. The van der Waals surface area contributed by atoms with Crippen molar-refractivity contribution in [2.45, 2.75) is 12.6 Å². The summed E-state index contributed by atoms with van der Waals surface area (Å²) in [6.45, 7) is 0.457. The number of rotatable bonds is 6. The Hall–Kier alpha value is -3.06. The average Bonchev–Trinajstić information content (AvgIpc) is 3.27. The molecule has 0 saturated carbocycles. The van der Waals surface area contributed by atoms with Gasteiger partial charge >= 0.3 is 6.03 Å². The van der Waals surface area contributed by atoms with E-state index < -0.39 is 6.10 Å². The van der Waals surface area contributed by atoms with Crippen LogP contribution >= 0.6 is 0 Å². The van der Waals surface area contributed by atoms with Gasteiger partial charge in [0.1, 0.15) is 11.9 Å². The van der Waals surface area contributed by atoms with Crippen molar-refractivity contribution in [3.8, 4) is 0 Å². The number of nitrogens with one attached hydrogen (secondary N) is 1. The van der Waals surface area contributed by atoms with Gasteiger partial charge in [-0.15, -0.1) is 0 Å². The molecule has 2 aromatic heterocycles. The number of nitrogens with zero attached hydrogens (tertiary/aromatic N) is 3. The van der Waals surface area contributed by atoms with Gasteiger partial charge in [-0.25, -0.2) is 4.79 Å². The monoisotopic (exact) mass is 340 g/mol. The number of benzene rings is 1. The van der Waals surface area contributed by atoms with Gasteiger partial charge in [0.25, 0.3) is 0 Å². The van der Waals surface area contributed by atoms with Gasteiger partial charge < -0.3 is 14.4 Å². The summed E-state index contributed by atoms with van der Waals surface area (Å²) in [6.07, 6.45) is 2.33. The number of amides is 2. The second-order valence-corrected chi connectivity index (χ2v) is 5.70. The third kappa shape index (κ3) is 4.48. The van der Waals surface area contributed by atoms with Crippen LogP contribution in [-0.2, 0) is 13.6 Å². The molecular formula is C18H20N4O3. The van der Waals surface area contributed by atoms with Gasteiger partial charge in [0.05, 0.1) is 12.8 Å². The molecule has 0 aliphatic carbocycles. The van der Waals surface area contributed by atoms with Crippen LogP contribution < -0.4 is 5.32 Å². The van der Waals surface area contributed by atoms with E-state index in [-0.39, 0.29) is 12.6 Å². The van der Waals surface area contributed by atoms with Crippen LogP contribution in [-0.4, -0.2) is 32.4 Å². The Morgan fingerprint density at radius 2 is 2.08 bits per heavy atom. The number of carbonyl (C=O) groups excluding carboxylic acids is 1. The highest BCUT2D eigenvalue weighted by Gasteiger charge is 2.21. The van der Waals surface area contributed by atoms with Gasteiger partial charge in [-0.05, 0) is 17.7 Å². The zero-order valence-electron chi connectivity index (χ0n) is 13.9. The van der Waals surface area contributed by atoms with Gasteiger partial charge in [0, 0.05) is 25.9 Å². The molecule has 0 unspecified atom stereocenters. The van der Waals surface area contributed by atoms with E-state index in [9.17, 15) is 9.90 Å². The fourth-order valence-electron chi connectivity index (χ4n) is 2.47. The Labute approximate surface area is 145 Å². The Balaban J connectivity index is 1.74. The molecule has 0 aliphatic rings. The number of hydrogen-bond acceptors (Lipinski definition) is 4. The van der Waals surface area contributed by atoms with Crippen molar-refractivity contribution in [2.75, 3.05) is 11.9 Å². The van der Waals surface area contributed by atoms with Crippen LogP contribution in [0.4, 0.5) is 10.6 Å². The van der Waals surface area contributed by atoms with E-state index in [2.05, 4.69) is 10.4 Å². The second kappa shape index (κ2) is 7.67. The first-order valence-corrected chi connectivity index (χ1v) is 7.93.